The molecule has 3 nitrogen and oxygen atoms in total. The highest BCUT2D eigenvalue weighted by molar-refractivity contribution is 5.40. The highest BCUT2D eigenvalue weighted by Crippen LogP contribution is 2.18. The number of halogens is 1. The zero-order valence-corrected chi connectivity index (χ0v) is 11.2. The van der Waals surface area contributed by atoms with Crippen LogP contribution in [0.15, 0.2) is 18.2 Å². The van der Waals surface area contributed by atoms with Crippen LogP contribution in [0.4, 0.5) is 10.1 Å². The molecule has 1 unspecified atom stereocenters. The molecule has 100 valence electrons. The molecule has 0 bridgehead atoms. The van der Waals surface area contributed by atoms with E-state index >= 15 is 0 Å². The highest BCUT2D eigenvalue weighted by atomic mass is 19.1. The molecule has 18 heavy (non-hydrogen) atoms. The van der Waals surface area contributed by atoms with Crippen molar-refractivity contribution in [1.29, 1.82) is 0 Å². The quantitative estimate of drug-likeness (QED) is 0.828. The number of hydrogen-bond donors (Lipinski definition) is 1. The summed E-state index contributed by atoms with van der Waals surface area (Å²) in [6.07, 6.45) is 1.24. The third-order valence-electron chi connectivity index (χ3n) is 3.58. The molecule has 0 radical (unpaired) electrons. The van der Waals surface area contributed by atoms with E-state index in [2.05, 4.69) is 16.8 Å². The molecule has 1 saturated heterocycles. The molecule has 0 aromatic heterocycles. The van der Waals surface area contributed by atoms with Gasteiger partial charge in [0.1, 0.15) is 5.82 Å². The highest BCUT2D eigenvalue weighted by Gasteiger charge is 2.20. The van der Waals surface area contributed by atoms with Gasteiger partial charge in [-0.2, -0.15) is 0 Å². The second kappa shape index (κ2) is 5.67. The minimum absolute atomic E-state index is 0.203. The lowest BCUT2D eigenvalue weighted by Gasteiger charge is -2.21. The van der Waals surface area contributed by atoms with Crippen LogP contribution < -0.4 is 5.73 Å². The van der Waals surface area contributed by atoms with Gasteiger partial charge >= 0.3 is 0 Å². The van der Waals surface area contributed by atoms with Crippen LogP contribution in [0.25, 0.3) is 0 Å². The molecule has 1 aromatic rings. The Morgan fingerprint density at radius 2 is 2.28 bits per heavy atom. The minimum atomic E-state index is -0.203. The predicted octanol–water partition coefficient (Wildman–Crippen LogP) is 1.79. The zero-order chi connectivity index (χ0) is 13.1. The average molecular weight is 251 g/mol. The molecular weight excluding hydrogens is 229 g/mol. The Bertz CT molecular complexity index is 408. The van der Waals surface area contributed by atoms with E-state index in [4.69, 9.17) is 5.73 Å². The fourth-order valence-electron chi connectivity index (χ4n) is 2.66. The fraction of sp³-hybridized carbons (Fsp3) is 0.571. The van der Waals surface area contributed by atoms with Crippen LogP contribution in [-0.4, -0.2) is 43.5 Å². The normalized spacial score (nSPS) is 20.8. The molecule has 1 aliphatic heterocycles. The van der Waals surface area contributed by atoms with E-state index in [1.165, 1.54) is 19.0 Å². The molecule has 1 heterocycles. The van der Waals surface area contributed by atoms with Crippen LogP contribution in [0.2, 0.25) is 0 Å². The Morgan fingerprint density at radius 1 is 1.50 bits per heavy atom. The molecule has 1 aliphatic rings. The Kier molecular flexibility index (Phi) is 4.19. The predicted molar refractivity (Wildman–Crippen MR) is 72.8 cm³/mol. The van der Waals surface area contributed by atoms with Crippen molar-refractivity contribution >= 4 is 5.69 Å². The minimum Gasteiger partial charge on any atom is -0.399 e. The lowest BCUT2D eigenvalue weighted by atomic mass is 10.1. The number of nitrogens with two attached hydrogens (primary N) is 1. The zero-order valence-electron chi connectivity index (χ0n) is 11.2. The molecule has 1 atom stereocenters. The number of nitrogen functional groups attached to an aromatic ring is 1. The van der Waals surface area contributed by atoms with Crippen molar-refractivity contribution in [2.24, 2.45) is 5.92 Å². The van der Waals surface area contributed by atoms with Gasteiger partial charge in [0.15, 0.2) is 0 Å². The average Bonchev–Trinajstić information content (AvgIpc) is 2.68. The maximum absolute atomic E-state index is 13.7. The standard InChI is InChI=1S/C14H22FN3/c1-17-6-5-11(8-17)9-18(2)10-12-3-4-13(16)7-14(12)15/h3-4,7,11H,5-6,8-10,16H2,1-2H3. The van der Waals surface area contributed by atoms with E-state index in [0.717, 1.165) is 18.7 Å². The third-order valence-corrected chi connectivity index (χ3v) is 3.58. The van der Waals surface area contributed by atoms with Gasteiger partial charge in [0.2, 0.25) is 0 Å². The van der Waals surface area contributed by atoms with Crippen LogP contribution in [0, 0.1) is 11.7 Å². The van der Waals surface area contributed by atoms with Gasteiger partial charge in [-0.05, 0) is 45.1 Å². The molecule has 4 heteroatoms. The maximum Gasteiger partial charge on any atom is 0.129 e. The van der Waals surface area contributed by atoms with Crippen molar-refractivity contribution < 1.29 is 4.39 Å². The first-order chi connectivity index (χ1) is 8.54. The number of rotatable bonds is 4. The summed E-state index contributed by atoms with van der Waals surface area (Å²) in [7, 11) is 4.20. The van der Waals surface area contributed by atoms with Crippen molar-refractivity contribution in [1.82, 2.24) is 9.80 Å². The van der Waals surface area contributed by atoms with E-state index in [1.807, 2.05) is 7.05 Å². The summed E-state index contributed by atoms with van der Waals surface area (Å²) in [5, 5.41) is 0. The fourth-order valence-corrected chi connectivity index (χ4v) is 2.66. The van der Waals surface area contributed by atoms with Gasteiger partial charge in [0, 0.05) is 30.9 Å². The lowest BCUT2D eigenvalue weighted by Crippen LogP contribution is -2.27. The number of nitrogens with zero attached hydrogens (tertiary/aromatic N) is 2. The Hall–Kier alpha value is -1.13. The number of anilines is 1. The van der Waals surface area contributed by atoms with Gasteiger partial charge in [-0.15, -0.1) is 0 Å². The van der Waals surface area contributed by atoms with Gasteiger partial charge < -0.3 is 15.5 Å². The van der Waals surface area contributed by atoms with E-state index in [1.54, 1.807) is 12.1 Å². The van der Waals surface area contributed by atoms with Crippen molar-refractivity contribution in [3.63, 3.8) is 0 Å². The molecule has 1 fully saturated rings. The monoisotopic (exact) mass is 251 g/mol. The van der Waals surface area contributed by atoms with E-state index in [9.17, 15) is 4.39 Å². The van der Waals surface area contributed by atoms with Crippen molar-refractivity contribution in [3.05, 3.63) is 29.6 Å². The molecule has 0 amide bonds. The van der Waals surface area contributed by atoms with Gasteiger partial charge in [-0.3, -0.25) is 0 Å². The largest absolute Gasteiger partial charge is 0.399 e. The van der Waals surface area contributed by atoms with Gasteiger partial charge in [-0.25, -0.2) is 4.39 Å². The SMILES string of the molecule is CN1CCC(CN(C)Cc2ccc(N)cc2F)C1. The molecule has 1 aromatic carbocycles. The summed E-state index contributed by atoms with van der Waals surface area (Å²) < 4.78 is 13.7. The molecule has 0 aliphatic carbocycles. The molecule has 2 rings (SSSR count). The molecule has 0 spiro atoms. The summed E-state index contributed by atoms with van der Waals surface area (Å²) in [5.74, 6) is 0.502. The molecular formula is C14H22FN3. The number of benzene rings is 1. The van der Waals surface area contributed by atoms with E-state index < -0.39 is 0 Å². The van der Waals surface area contributed by atoms with Gasteiger partial charge in [0.05, 0.1) is 0 Å². The maximum atomic E-state index is 13.7. The van der Waals surface area contributed by atoms with Crippen molar-refractivity contribution in [3.8, 4) is 0 Å². The first kappa shape index (κ1) is 13.3. The first-order valence-corrected chi connectivity index (χ1v) is 6.45. The second-order valence-corrected chi connectivity index (χ2v) is 5.46. The van der Waals surface area contributed by atoms with Gasteiger partial charge in [0.25, 0.3) is 0 Å². The summed E-state index contributed by atoms with van der Waals surface area (Å²) in [4.78, 5) is 4.54. The second-order valence-electron chi connectivity index (χ2n) is 5.46. The third kappa shape index (κ3) is 3.43. The van der Waals surface area contributed by atoms with Crippen LogP contribution in [0.1, 0.15) is 12.0 Å². The Morgan fingerprint density at radius 3 is 2.89 bits per heavy atom. The smallest absolute Gasteiger partial charge is 0.129 e. The van der Waals surface area contributed by atoms with Crippen LogP contribution in [-0.2, 0) is 6.54 Å². The van der Waals surface area contributed by atoms with E-state index in [0.29, 0.717) is 18.2 Å². The summed E-state index contributed by atoms with van der Waals surface area (Å²) in [6, 6.07) is 4.93. The molecule has 2 N–H and O–H groups in total. The number of hydrogen-bond acceptors (Lipinski definition) is 3. The summed E-state index contributed by atoms with van der Waals surface area (Å²) in [6.45, 7) is 3.99. The van der Waals surface area contributed by atoms with Crippen molar-refractivity contribution in [2.45, 2.75) is 13.0 Å². The van der Waals surface area contributed by atoms with Crippen LogP contribution in [0.5, 0.6) is 0 Å². The number of likely N-dealkylation sites (tertiary alicyclic amines) is 1. The summed E-state index contributed by atoms with van der Waals surface area (Å²) >= 11 is 0. The van der Waals surface area contributed by atoms with E-state index in [-0.39, 0.29) is 5.82 Å². The van der Waals surface area contributed by atoms with Crippen LogP contribution >= 0.6 is 0 Å². The topological polar surface area (TPSA) is 32.5 Å². The Labute approximate surface area is 108 Å². The van der Waals surface area contributed by atoms with Gasteiger partial charge in [-0.1, -0.05) is 6.07 Å². The lowest BCUT2D eigenvalue weighted by molar-refractivity contribution is 0.264. The van der Waals surface area contributed by atoms with Crippen molar-refractivity contribution in [2.75, 3.05) is 39.5 Å². The van der Waals surface area contributed by atoms with Crippen LogP contribution in [0.3, 0.4) is 0 Å². The summed E-state index contributed by atoms with van der Waals surface area (Å²) in [5.41, 5.74) is 6.75. The first-order valence-electron chi connectivity index (χ1n) is 6.45. The molecule has 0 saturated carbocycles. The Balaban J connectivity index is 1.88.